The highest BCUT2D eigenvalue weighted by Gasteiger charge is 2.38. The van der Waals surface area contributed by atoms with Crippen LogP contribution in [0.2, 0.25) is 5.02 Å². The van der Waals surface area contributed by atoms with Crippen molar-refractivity contribution in [1.82, 2.24) is 0 Å². The molecule has 3 heteroatoms. The van der Waals surface area contributed by atoms with Gasteiger partial charge in [-0.3, -0.25) is 0 Å². The largest absolute Gasteiger partial charge is 0.493 e. The molecule has 3 rings (SSSR count). The molecule has 0 saturated heterocycles. The van der Waals surface area contributed by atoms with Crippen LogP contribution in [0.15, 0.2) is 12.1 Å². The minimum absolute atomic E-state index is 0.123. The van der Waals surface area contributed by atoms with Crippen molar-refractivity contribution in [2.75, 3.05) is 6.61 Å². The third kappa shape index (κ3) is 2.56. The summed E-state index contributed by atoms with van der Waals surface area (Å²) in [6.45, 7) is 5.37. The molecule has 1 aliphatic carbocycles. The van der Waals surface area contributed by atoms with E-state index in [4.69, 9.17) is 22.1 Å². The zero-order valence-corrected chi connectivity index (χ0v) is 13.2. The molecule has 1 aromatic carbocycles. The third-order valence-corrected chi connectivity index (χ3v) is 5.37. The summed E-state index contributed by atoms with van der Waals surface area (Å²) in [6.07, 6.45) is 5.45. The van der Waals surface area contributed by atoms with Crippen LogP contribution in [0.3, 0.4) is 0 Å². The molecule has 1 heterocycles. The normalized spacial score (nSPS) is 32.8. The van der Waals surface area contributed by atoms with Crippen molar-refractivity contribution in [2.24, 2.45) is 17.6 Å². The minimum atomic E-state index is -0.123. The molecule has 2 nitrogen and oxygen atoms in total. The molecule has 1 aromatic rings. The highest BCUT2D eigenvalue weighted by molar-refractivity contribution is 6.30. The van der Waals surface area contributed by atoms with Gasteiger partial charge in [-0.05, 0) is 54.4 Å². The topological polar surface area (TPSA) is 35.2 Å². The van der Waals surface area contributed by atoms with E-state index in [9.17, 15) is 0 Å². The zero-order valence-electron chi connectivity index (χ0n) is 12.4. The lowest BCUT2D eigenvalue weighted by molar-refractivity contribution is 0.160. The van der Waals surface area contributed by atoms with Gasteiger partial charge in [-0.25, -0.2) is 0 Å². The summed E-state index contributed by atoms with van der Waals surface area (Å²) in [5.41, 5.74) is 9.09. The average molecular weight is 294 g/mol. The molecule has 0 radical (unpaired) electrons. The Hall–Kier alpha value is -0.730. The summed E-state index contributed by atoms with van der Waals surface area (Å²) >= 11 is 6.26. The Morgan fingerprint density at radius 1 is 1.35 bits per heavy atom. The van der Waals surface area contributed by atoms with E-state index in [-0.39, 0.29) is 5.54 Å². The number of rotatable bonds is 2. The van der Waals surface area contributed by atoms with E-state index < -0.39 is 0 Å². The summed E-state index contributed by atoms with van der Waals surface area (Å²) in [7, 11) is 0. The van der Waals surface area contributed by atoms with Crippen LogP contribution in [-0.2, 0) is 12.8 Å². The van der Waals surface area contributed by atoms with Gasteiger partial charge in [0, 0.05) is 17.0 Å². The molecule has 0 bridgehead atoms. The van der Waals surface area contributed by atoms with E-state index in [0.717, 1.165) is 36.6 Å². The molecule has 110 valence electrons. The van der Waals surface area contributed by atoms with Crippen LogP contribution >= 0.6 is 11.6 Å². The Labute approximate surface area is 126 Å². The van der Waals surface area contributed by atoms with Crippen molar-refractivity contribution in [3.63, 3.8) is 0 Å². The molecule has 3 unspecified atom stereocenters. The van der Waals surface area contributed by atoms with E-state index >= 15 is 0 Å². The molecule has 0 aromatic heterocycles. The quantitative estimate of drug-likeness (QED) is 0.895. The summed E-state index contributed by atoms with van der Waals surface area (Å²) in [5.74, 6) is 2.31. The van der Waals surface area contributed by atoms with E-state index in [2.05, 4.69) is 13.8 Å². The van der Waals surface area contributed by atoms with Gasteiger partial charge in [-0.15, -0.1) is 0 Å². The van der Waals surface area contributed by atoms with Crippen molar-refractivity contribution in [3.8, 4) is 5.75 Å². The number of nitrogens with two attached hydrogens (primary N) is 1. The fraction of sp³-hybridized carbons (Fsp3) is 0.647. The SMILES string of the molecule is CC1CCC(C)C(N)(Cc2cc(Cl)cc3c2OCC3)C1. The van der Waals surface area contributed by atoms with Crippen molar-refractivity contribution >= 4 is 11.6 Å². The van der Waals surface area contributed by atoms with Gasteiger partial charge in [-0.2, -0.15) is 0 Å². The van der Waals surface area contributed by atoms with Crippen molar-refractivity contribution in [1.29, 1.82) is 0 Å². The Balaban J connectivity index is 1.91. The predicted molar refractivity (Wildman–Crippen MR) is 83.5 cm³/mol. The van der Waals surface area contributed by atoms with E-state index in [1.165, 1.54) is 24.0 Å². The lowest BCUT2D eigenvalue weighted by Crippen LogP contribution is -2.51. The number of benzene rings is 1. The van der Waals surface area contributed by atoms with Crippen LogP contribution in [0.5, 0.6) is 5.75 Å². The van der Waals surface area contributed by atoms with Gasteiger partial charge in [0.25, 0.3) is 0 Å². The third-order valence-electron chi connectivity index (χ3n) is 5.15. The van der Waals surface area contributed by atoms with Crippen LogP contribution in [0.4, 0.5) is 0 Å². The lowest BCUT2D eigenvalue weighted by atomic mass is 9.67. The van der Waals surface area contributed by atoms with Gasteiger partial charge < -0.3 is 10.5 Å². The van der Waals surface area contributed by atoms with E-state index in [1.54, 1.807) is 0 Å². The molecule has 1 aliphatic heterocycles. The molecule has 0 amide bonds. The Bertz CT molecular complexity index is 516. The molecular weight excluding hydrogens is 270 g/mol. The maximum absolute atomic E-state index is 6.77. The highest BCUT2D eigenvalue weighted by Crippen LogP contribution is 2.41. The standard InChI is InChI=1S/C17H24ClNO/c1-11-3-4-12(2)17(19,9-11)10-14-8-15(18)7-13-5-6-20-16(13)14/h7-8,11-12H,3-6,9-10,19H2,1-2H3. The minimum Gasteiger partial charge on any atom is -0.493 e. The van der Waals surface area contributed by atoms with Gasteiger partial charge in [-0.1, -0.05) is 31.9 Å². The van der Waals surface area contributed by atoms with E-state index in [1.807, 2.05) is 12.1 Å². The second-order valence-corrected chi connectivity index (χ2v) is 7.29. The first kappa shape index (κ1) is 14.2. The summed E-state index contributed by atoms with van der Waals surface area (Å²) in [6, 6.07) is 4.08. The predicted octanol–water partition coefficient (Wildman–Crippen LogP) is 3.97. The Morgan fingerprint density at radius 3 is 2.95 bits per heavy atom. The van der Waals surface area contributed by atoms with Crippen molar-refractivity contribution in [2.45, 2.75) is 51.5 Å². The van der Waals surface area contributed by atoms with Crippen LogP contribution < -0.4 is 10.5 Å². The fourth-order valence-corrected chi connectivity index (χ4v) is 4.12. The van der Waals surface area contributed by atoms with Crippen LogP contribution in [0, 0.1) is 11.8 Å². The maximum Gasteiger partial charge on any atom is 0.125 e. The number of fused-ring (bicyclic) bond motifs is 1. The molecular formula is C17H24ClNO. The first-order valence-corrected chi connectivity index (χ1v) is 8.09. The molecule has 2 N–H and O–H groups in total. The number of ether oxygens (including phenoxy) is 1. The van der Waals surface area contributed by atoms with Crippen LogP contribution in [0.25, 0.3) is 0 Å². The number of halogens is 1. The fourth-order valence-electron chi connectivity index (χ4n) is 3.85. The lowest BCUT2D eigenvalue weighted by Gasteiger charge is -2.42. The number of hydrogen-bond donors (Lipinski definition) is 1. The Morgan fingerprint density at radius 2 is 2.15 bits per heavy atom. The van der Waals surface area contributed by atoms with Crippen molar-refractivity contribution < 1.29 is 4.74 Å². The molecule has 1 saturated carbocycles. The highest BCUT2D eigenvalue weighted by atomic mass is 35.5. The molecule has 1 fully saturated rings. The van der Waals surface area contributed by atoms with Gasteiger partial charge in [0.2, 0.25) is 0 Å². The molecule has 20 heavy (non-hydrogen) atoms. The smallest absolute Gasteiger partial charge is 0.125 e. The maximum atomic E-state index is 6.77. The Kier molecular flexibility index (Phi) is 3.72. The van der Waals surface area contributed by atoms with Crippen molar-refractivity contribution in [3.05, 3.63) is 28.3 Å². The van der Waals surface area contributed by atoms with Crippen LogP contribution in [-0.4, -0.2) is 12.1 Å². The monoisotopic (exact) mass is 293 g/mol. The second-order valence-electron chi connectivity index (χ2n) is 6.85. The van der Waals surface area contributed by atoms with Gasteiger partial charge in [0.05, 0.1) is 6.61 Å². The average Bonchev–Trinajstić information content (AvgIpc) is 2.82. The van der Waals surface area contributed by atoms with Gasteiger partial charge in [0.15, 0.2) is 0 Å². The summed E-state index contributed by atoms with van der Waals surface area (Å²) in [4.78, 5) is 0. The zero-order chi connectivity index (χ0) is 14.3. The van der Waals surface area contributed by atoms with E-state index in [0.29, 0.717) is 11.8 Å². The first-order valence-electron chi connectivity index (χ1n) is 7.71. The van der Waals surface area contributed by atoms with Crippen LogP contribution in [0.1, 0.15) is 44.2 Å². The number of hydrogen-bond acceptors (Lipinski definition) is 2. The summed E-state index contributed by atoms with van der Waals surface area (Å²) in [5, 5.41) is 0.810. The van der Waals surface area contributed by atoms with Gasteiger partial charge >= 0.3 is 0 Å². The molecule has 3 atom stereocenters. The summed E-state index contributed by atoms with van der Waals surface area (Å²) < 4.78 is 5.82. The molecule has 2 aliphatic rings. The first-order chi connectivity index (χ1) is 9.48. The second kappa shape index (κ2) is 5.23. The molecule has 0 spiro atoms. The van der Waals surface area contributed by atoms with Gasteiger partial charge in [0.1, 0.15) is 5.75 Å².